The summed E-state index contributed by atoms with van der Waals surface area (Å²) in [5.41, 5.74) is 16.6. The molecule has 0 radical (unpaired) electrons. The summed E-state index contributed by atoms with van der Waals surface area (Å²) in [7, 11) is 1.58. The normalized spacial score (nSPS) is 36.0. The maximum absolute atomic E-state index is 12.7. The second-order valence-corrected chi connectivity index (χ2v) is 9.12. The molecule has 6 unspecified atom stereocenters. The van der Waals surface area contributed by atoms with Crippen LogP contribution in [-0.2, 0) is 19.1 Å². The van der Waals surface area contributed by atoms with Crippen LogP contribution in [0.3, 0.4) is 0 Å². The van der Waals surface area contributed by atoms with E-state index < -0.39 is 73.4 Å². The second-order valence-electron chi connectivity index (χ2n) is 9.12. The van der Waals surface area contributed by atoms with Gasteiger partial charge in [-0.2, -0.15) is 0 Å². The average Bonchev–Trinajstić information content (AvgIpc) is 3.15. The predicted molar refractivity (Wildman–Crippen MR) is 124 cm³/mol. The first-order valence-corrected chi connectivity index (χ1v) is 11.8. The van der Waals surface area contributed by atoms with Gasteiger partial charge < -0.3 is 62.8 Å². The van der Waals surface area contributed by atoms with Gasteiger partial charge in [0.1, 0.15) is 24.3 Å². The summed E-state index contributed by atoms with van der Waals surface area (Å²) in [6.07, 6.45) is -6.48. The lowest BCUT2D eigenvalue weighted by molar-refractivity contribution is -0.192. The molecule has 0 bridgehead atoms. The van der Waals surface area contributed by atoms with Crippen LogP contribution in [0, 0.1) is 0 Å². The third kappa shape index (κ3) is 6.13. The van der Waals surface area contributed by atoms with Crippen LogP contribution in [0.15, 0.2) is 4.99 Å². The zero-order valence-corrected chi connectivity index (χ0v) is 19.9. The van der Waals surface area contributed by atoms with Gasteiger partial charge in [-0.25, -0.2) is 9.79 Å². The number of aliphatic imine (C=N–C) groups is 1. The molecule has 3 saturated heterocycles. The molecular weight excluding hydrogens is 480 g/mol. The molecule has 0 aliphatic carbocycles. The van der Waals surface area contributed by atoms with Crippen molar-refractivity contribution in [3.8, 4) is 0 Å². The maximum Gasteiger partial charge on any atom is 0.404 e. The molecule has 12 N–H and O–H groups in total. The highest BCUT2D eigenvalue weighted by molar-refractivity contribution is 5.94. The molecule has 0 spiro atoms. The summed E-state index contributed by atoms with van der Waals surface area (Å²) < 4.78 is 10.7. The highest BCUT2D eigenvalue weighted by atomic mass is 16.6. The first-order chi connectivity index (χ1) is 17.1. The van der Waals surface area contributed by atoms with E-state index in [-0.39, 0.29) is 24.8 Å². The molecule has 3 fully saturated rings. The van der Waals surface area contributed by atoms with E-state index in [9.17, 15) is 29.7 Å². The smallest absolute Gasteiger partial charge is 0.404 e. The summed E-state index contributed by atoms with van der Waals surface area (Å²) in [6.45, 7) is -0.167. The quantitative estimate of drug-likeness (QED) is 0.139. The summed E-state index contributed by atoms with van der Waals surface area (Å²) >= 11 is 0. The Morgan fingerprint density at radius 3 is 2.72 bits per heavy atom. The van der Waals surface area contributed by atoms with Gasteiger partial charge in [0.05, 0.1) is 18.8 Å². The van der Waals surface area contributed by atoms with Crippen molar-refractivity contribution in [1.82, 2.24) is 20.9 Å². The number of carbonyl (C=O) groups is 3. The van der Waals surface area contributed by atoms with Crippen LogP contribution in [0.2, 0.25) is 0 Å². The Labute approximate surface area is 207 Å². The summed E-state index contributed by atoms with van der Waals surface area (Å²) in [5, 5.41) is 39.3. The second kappa shape index (κ2) is 12.0. The van der Waals surface area contributed by atoms with Gasteiger partial charge in [-0.1, -0.05) is 0 Å². The summed E-state index contributed by atoms with van der Waals surface area (Å²) in [4.78, 5) is 42.4. The van der Waals surface area contributed by atoms with E-state index in [4.69, 9.17) is 26.7 Å². The van der Waals surface area contributed by atoms with E-state index in [1.54, 1.807) is 7.05 Å². The first-order valence-electron chi connectivity index (χ1n) is 11.8. The molecule has 16 heteroatoms. The zero-order valence-electron chi connectivity index (χ0n) is 19.9. The Morgan fingerprint density at radius 1 is 1.39 bits per heavy atom. The number of likely N-dealkylation sites (N-methyl/N-ethyl adjacent to an activating group) is 1. The molecule has 3 aliphatic heterocycles. The molecule has 0 aromatic rings. The highest BCUT2D eigenvalue weighted by Gasteiger charge is 2.50. The van der Waals surface area contributed by atoms with Crippen LogP contribution < -0.4 is 33.2 Å². The lowest BCUT2D eigenvalue weighted by Gasteiger charge is -2.42. The van der Waals surface area contributed by atoms with Gasteiger partial charge in [-0.3, -0.25) is 9.59 Å². The number of primary amides is 1. The Morgan fingerprint density at radius 2 is 2.11 bits per heavy atom. The van der Waals surface area contributed by atoms with Gasteiger partial charge in [-0.05, 0) is 19.4 Å². The van der Waals surface area contributed by atoms with Crippen molar-refractivity contribution >= 4 is 23.9 Å². The van der Waals surface area contributed by atoms with E-state index in [0.29, 0.717) is 19.4 Å². The first kappa shape index (κ1) is 27.8. The number of hydrogen-bond acceptors (Lipinski definition) is 11. The molecule has 16 nitrogen and oxygen atoms in total. The summed E-state index contributed by atoms with van der Waals surface area (Å²) in [6, 6.07) is -3.12. The zero-order chi connectivity index (χ0) is 26.6. The molecule has 3 rings (SSSR count). The monoisotopic (exact) mass is 516 g/mol. The SMILES string of the molecule is CN1C(=NC2OC(CO)C(OC(N)=O)C(O)C2NC(=O)CC(N)CCCN)N[C@@H]2[C@H](O)CNC(=O)[C@H]21. The number of piperidine rings is 1. The van der Waals surface area contributed by atoms with Crippen molar-refractivity contribution < 1.29 is 39.2 Å². The largest absolute Gasteiger partial charge is 0.441 e. The Bertz CT molecular complexity index is 847. The van der Waals surface area contributed by atoms with Crippen LogP contribution in [0.4, 0.5) is 4.79 Å². The fourth-order valence-corrected chi connectivity index (χ4v) is 4.63. The Balaban J connectivity index is 1.85. The number of nitrogens with zero attached hydrogens (tertiary/aromatic N) is 2. The van der Waals surface area contributed by atoms with Gasteiger partial charge in [0, 0.05) is 26.1 Å². The molecule has 0 aromatic heterocycles. The average molecular weight is 517 g/mol. The van der Waals surface area contributed by atoms with Gasteiger partial charge in [0.15, 0.2) is 18.3 Å². The minimum absolute atomic E-state index is 0.0641. The number of carbonyl (C=O) groups excluding carboxylic acids is 3. The van der Waals surface area contributed by atoms with Crippen molar-refractivity contribution in [2.24, 2.45) is 22.2 Å². The lowest BCUT2D eigenvalue weighted by atomic mass is 9.95. The van der Waals surface area contributed by atoms with Crippen molar-refractivity contribution in [3.05, 3.63) is 0 Å². The van der Waals surface area contributed by atoms with Crippen molar-refractivity contribution in [1.29, 1.82) is 0 Å². The predicted octanol–water partition coefficient (Wildman–Crippen LogP) is -5.41. The molecule has 0 saturated carbocycles. The number of ether oxygens (including phenoxy) is 2. The maximum atomic E-state index is 12.7. The standard InChI is InChI=1S/C20H36N8O8/c1-28-14-12(9(30)6-24-17(14)33)26-20(28)27-18-13(25-11(31)5-8(22)3-2-4-21)15(32)16(36-19(23)34)10(7-29)35-18/h8-10,12-16,18,29-30,32H,2-7,21-22H2,1H3,(H2,23,34)(H,24,33)(H,25,31)(H,26,27)/t8?,9-,10?,12-,13?,14+,15?,16?,18?/m1/s1. The van der Waals surface area contributed by atoms with Crippen LogP contribution in [-0.4, -0.2) is 126 Å². The molecule has 204 valence electrons. The lowest BCUT2D eigenvalue weighted by Crippen LogP contribution is -2.65. The molecule has 3 aliphatic rings. The highest BCUT2D eigenvalue weighted by Crippen LogP contribution is 2.26. The van der Waals surface area contributed by atoms with E-state index in [0.717, 1.165) is 0 Å². The number of fused-ring (bicyclic) bond motifs is 1. The topological polar surface area (TPSA) is 260 Å². The van der Waals surface area contributed by atoms with Crippen LogP contribution in [0.25, 0.3) is 0 Å². The third-order valence-corrected chi connectivity index (χ3v) is 6.48. The minimum Gasteiger partial charge on any atom is -0.441 e. The van der Waals surface area contributed by atoms with Crippen LogP contribution in [0.1, 0.15) is 19.3 Å². The van der Waals surface area contributed by atoms with E-state index in [1.807, 2.05) is 0 Å². The molecule has 3 amide bonds. The number of rotatable bonds is 9. The number of amides is 3. The van der Waals surface area contributed by atoms with E-state index in [1.165, 1.54) is 4.90 Å². The van der Waals surface area contributed by atoms with Crippen LogP contribution in [0.5, 0.6) is 0 Å². The van der Waals surface area contributed by atoms with E-state index in [2.05, 4.69) is 20.9 Å². The molecule has 3 heterocycles. The van der Waals surface area contributed by atoms with Gasteiger partial charge >= 0.3 is 6.09 Å². The Kier molecular flexibility index (Phi) is 9.26. The van der Waals surface area contributed by atoms with Crippen molar-refractivity contribution in [2.45, 2.75) is 74.1 Å². The number of nitrogens with two attached hydrogens (primary N) is 3. The van der Waals surface area contributed by atoms with Gasteiger partial charge in [0.25, 0.3) is 0 Å². The molecule has 9 atom stereocenters. The van der Waals surface area contributed by atoms with Gasteiger partial charge in [0.2, 0.25) is 11.8 Å². The van der Waals surface area contributed by atoms with E-state index >= 15 is 0 Å². The molecule has 36 heavy (non-hydrogen) atoms. The minimum atomic E-state index is -1.56. The number of guanidine groups is 1. The van der Waals surface area contributed by atoms with Crippen LogP contribution >= 0.6 is 0 Å². The number of aliphatic hydroxyl groups is 3. The van der Waals surface area contributed by atoms with Gasteiger partial charge in [-0.15, -0.1) is 0 Å². The molecular formula is C20H36N8O8. The number of aliphatic hydroxyl groups excluding tert-OH is 3. The number of hydrogen-bond donors (Lipinski definition) is 9. The number of nitrogens with one attached hydrogen (secondary N) is 3. The third-order valence-electron chi connectivity index (χ3n) is 6.48. The van der Waals surface area contributed by atoms with Crippen molar-refractivity contribution in [3.63, 3.8) is 0 Å². The number of β-amino-alcohol motifs (C(OH)–C–C–N with tert-alkyl or cyclic N) is 1. The molecule has 0 aromatic carbocycles. The van der Waals surface area contributed by atoms with Crippen molar-refractivity contribution in [2.75, 3.05) is 26.7 Å². The summed E-state index contributed by atoms with van der Waals surface area (Å²) in [5.74, 6) is -0.674. The fraction of sp³-hybridized carbons (Fsp3) is 0.800. The fourth-order valence-electron chi connectivity index (χ4n) is 4.63. The Hall–Kier alpha value is -2.76.